The van der Waals surface area contributed by atoms with E-state index in [0.717, 1.165) is 48.5 Å². The number of ether oxygens (including phenoxy) is 1. The van der Waals surface area contributed by atoms with Crippen molar-refractivity contribution in [2.45, 2.75) is 19.0 Å². The maximum atomic E-state index is 6.10. The van der Waals surface area contributed by atoms with Gasteiger partial charge in [-0.15, -0.1) is 0 Å². The Labute approximate surface area is 113 Å². The van der Waals surface area contributed by atoms with Crippen LogP contribution in [0.2, 0.25) is 0 Å². The second kappa shape index (κ2) is 5.15. The first-order chi connectivity index (χ1) is 9.24. The lowest BCUT2D eigenvalue weighted by atomic mass is 10.1. The Kier molecular flexibility index (Phi) is 3.36. The second-order valence-electron chi connectivity index (χ2n) is 5.15. The zero-order valence-corrected chi connectivity index (χ0v) is 11.2. The summed E-state index contributed by atoms with van der Waals surface area (Å²) in [6.07, 6.45) is 1.10. The van der Waals surface area contributed by atoms with Gasteiger partial charge in [0.25, 0.3) is 0 Å². The van der Waals surface area contributed by atoms with Crippen LogP contribution in [0.15, 0.2) is 30.3 Å². The number of aromatic nitrogens is 1. The molecule has 1 saturated heterocycles. The number of fused-ring (bicyclic) bond motifs is 1. The van der Waals surface area contributed by atoms with Gasteiger partial charge in [-0.05, 0) is 25.6 Å². The maximum Gasteiger partial charge on any atom is 0.0726 e. The molecule has 1 fully saturated rings. The normalized spacial score (nSPS) is 19.4. The highest BCUT2D eigenvalue weighted by Crippen LogP contribution is 2.21. The Morgan fingerprint density at radius 1 is 1.42 bits per heavy atom. The van der Waals surface area contributed by atoms with Gasteiger partial charge in [0.05, 0.1) is 17.8 Å². The first kappa shape index (κ1) is 12.4. The molecule has 4 heteroatoms. The van der Waals surface area contributed by atoms with Crippen molar-refractivity contribution in [2.24, 2.45) is 0 Å². The highest BCUT2D eigenvalue weighted by Gasteiger charge is 2.20. The number of hydrogen-bond donors (Lipinski definition) is 1. The Hall–Kier alpha value is -1.65. The van der Waals surface area contributed by atoms with E-state index in [-0.39, 0.29) is 0 Å². The molecule has 100 valence electrons. The van der Waals surface area contributed by atoms with E-state index in [1.54, 1.807) is 0 Å². The minimum Gasteiger partial charge on any atom is -0.398 e. The topological polar surface area (TPSA) is 51.4 Å². The number of pyridine rings is 1. The predicted octanol–water partition coefficient (Wildman–Crippen LogP) is 2.04. The van der Waals surface area contributed by atoms with Crippen LogP contribution in [0.5, 0.6) is 0 Å². The third-order valence-electron chi connectivity index (χ3n) is 3.74. The largest absolute Gasteiger partial charge is 0.398 e. The summed E-state index contributed by atoms with van der Waals surface area (Å²) in [4.78, 5) is 6.98. The number of rotatable bonds is 3. The summed E-state index contributed by atoms with van der Waals surface area (Å²) in [5.41, 5.74) is 8.89. The van der Waals surface area contributed by atoms with Crippen LogP contribution >= 0.6 is 0 Å². The third-order valence-corrected chi connectivity index (χ3v) is 3.74. The van der Waals surface area contributed by atoms with Crippen molar-refractivity contribution >= 4 is 16.6 Å². The van der Waals surface area contributed by atoms with E-state index in [4.69, 9.17) is 10.5 Å². The van der Waals surface area contributed by atoms with Crippen LogP contribution in [-0.2, 0) is 11.3 Å². The standard InChI is InChI=1S/C15H19N3O/c1-18(12-6-7-19-10-12)9-11-8-14(16)13-4-2-3-5-15(13)17-11/h2-5,8,12H,6-7,9-10H2,1H3,(H2,16,17). The van der Waals surface area contributed by atoms with Gasteiger partial charge in [-0.3, -0.25) is 9.88 Å². The van der Waals surface area contributed by atoms with Gasteiger partial charge in [0, 0.05) is 30.3 Å². The number of para-hydroxylation sites is 1. The molecule has 1 aromatic heterocycles. The summed E-state index contributed by atoms with van der Waals surface area (Å²) in [6.45, 7) is 2.49. The van der Waals surface area contributed by atoms with Gasteiger partial charge in [0.2, 0.25) is 0 Å². The van der Waals surface area contributed by atoms with Crippen molar-refractivity contribution in [3.63, 3.8) is 0 Å². The molecule has 2 heterocycles. The third kappa shape index (κ3) is 2.55. The van der Waals surface area contributed by atoms with Crippen LogP contribution in [0.1, 0.15) is 12.1 Å². The molecule has 2 N–H and O–H groups in total. The number of nitrogens with zero attached hydrogens (tertiary/aromatic N) is 2. The molecule has 1 aliphatic heterocycles. The summed E-state index contributed by atoms with van der Waals surface area (Å²) in [5, 5.41) is 1.03. The zero-order valence-electron chi connectivity index (χ0n) is 11.2. The van der Waals surface area contributed by atoms with E-state index in [2.05, 4.69) is 16.9 Å². The van der Waals surface area contributed by atoms with Gasteiger partial charge in [0.15, 0.2) is 0 Å². The van der Waals surface area contributed by atoms with E-state index < -0.39 is 0 Å². The number of nitrogen functional groups attached to an aromatic ring is 1. The van der Waals surface area contributed by atoms with Gasteiger partial charge >= 0.3 is 0 Å². The predicted molar refractivity (Wildman–Crippen MR) is 76.8 cm³/mol. The monoisotopic (exact) mass is 257 g/mol. The smallest absolute Gasteiger partial charge is 0.0726 e. The van der Waals surface area contributed by atoms with Crippen molar-refractivity contribution in [1.82, 2.24) is 9.88 Å². The van der Waals surface area contributed by atoms with E-state index >= 15 is 0 Å². The van der Waals surface area contributed by atoms with E-state index in [9.17, 15) is 0 Å². The molecule has 0 radical (unpaired) electrons. The molecule has 1 atom stereocenters. The Morgan fingerprint density at radius 2 is 2.26 bits per heavy atom. The summed E-state index contributed by atoms with van der Waals surface area (Å²) in [7, 11) is 2.12. The molecule has 1 aliphatic rings. The molecular weight excluding hydrogens is 238 g/mol. The molecule has 1 aromatic carbocycles. The van der Waals surface area contributed by atoms with Crippen LogP contribution in [0.4, 0.5) is 5.69 Å². The summed E-state index contributed by atoms with van der Waals surface area (Å²) in [6, 6.07) is 10.5. The zero-order chi connectivity index (χ0) is 13.2. The number of anilines is 1. The van der Waals surface area contributed by atoms with Crippen molar-refractivity contribution in [2.75, 3.05) is 26.0 Å². The number of nitrogens with two attached hydrogens (primary N) is 1. The number of benzene rings is 1. The molecule has 1 unspecified atom stereocenters. The minimum absolute atomic E-state index is 0.495. The van der Waals surface area contributed by atoms with E-state index in [1.807, 2.05) is 30.3 Å². The Balaban J connectivity index is 1.84. The van der Waals surface area contributed by atoms with Gasteiger partial charge in [-0.2, -0.15) is 0 Å². The average molecular weight is 257 g/mol. The van der Waals surface area contributed by atoms with Crippen LogP contribution < -0.4 is 5.73 Å². The lowest BCUT2D eigenvalue weighted by molar-refractivity contribution is 0.156. The molecule has 4 nitrogen and oxygen atoms in total. The Bertz CT molecular complexity index is 579. The summed E-state index contributed by atoms with van der Waals surface area (Å²) >= 11 is 0. The molecule has 2 aromatic rings. The highest BCUT2D eigenvalue weighted by molar-refractivity contribution is 5.90. The fourth-order valence-electron chi connectivity index (χ4n) is 2.59. The lowest BCUT2D eigenvalue weighted by Crippen LogP contribution is -2.31. The average Bonchev–Trinajstić information content (AvgIpc) is 2.93. The van der Waals surface area contributed by atoms with Crippen LogP contribution in [0.3, 0.4) is 0 Å². The van der Waals surface area contributed by atoms with E-state index in [1.165, 1.54) is 0 Å². The maximum absolute atomic E-state index is 6.10. The molecule has 0 saturated carbocycles. The summed E-state index contributed by atoms with van der Waals surface area (Å²) in [5.74, 6) is 0. The molecule has 19 heavy (non-hydrogen) atoms. The SMILES string of the molecule is CN(Cc1cc(N)c2ccccc2n1)C1CCOC1. The highest BCUT2D eigenvalue weighted by atomic mass is 16.5. The van der Waals surface area contributed by atoms with Crippen LogP contribution in [0.25, 0.3) is 10.9 Å². The lowest BCUT2D eigenvalue weighted by Gasteiger charge is -2.22. The quantitative estimate of drug-likeness (QED) is 0.914. The van der Waals surface area contributed by atoms with E-state index in [0.29, 0.717) is 6.04 Å². The van der Waals surface area contributed by atoms with Gasteiger partial charge < -0.3 is 10.5 Å². The first-order valence-corrected chi connectivity index (χ1v) is 6.66. The molecule has 0 aliphatic carbocycles. The second-order valence-corrected chi connectivity index (χ2v) is 5.15. The summed E-state index contributed by atoms with van der Waals surface area (Å²) < 4.78 is 5.42. The van der Waals surface area contributed by atoms with Crippen molar-refractivity contribution in [3.8, 4) is 0 Å². The fraction of sp³-hybridized carbons (Fsp3) is 0.400. The van der Waals surface area contributed by atoms with Gasteiger partial charge in [-0.1, -0.05) is 18.2 Å². The fourth-order valence-corrected chi connectivity index (χ4v) is 2.59. The van der Waals surface area contributed by atoms with Gasteiger partial charge in [-0.25, -0.2) is 0 Å². The number of likely N-dealkylation sites (N-methyl/N-ethyl adjacent to an activating group) is 1. The van der Waals surface area contributed by atoms with Crippen molar-refractivity contribution in [3.05, 3.63) is 36.0 Å². The van der Waals surface area contributed by atoms with Crippen LogP contribution in [-0.4, -0.2) is 36.2 Å². The Morgan fingerprint density at radius 3 is 3.05 bits per heavy atom. The molecule has 0 amide bonds. The van der Waals surface area contributed by atoms with Crippen LogP contribution in [0, 0.1) is 0 Å². The molecular formula is C15H19N3O. The van der Waals surface area contributed by atoms with Crippen molar-refractivity contribution < 1.29 is 4.74 Å². The molecule has 0 bridgehead atoms. The molecule has 0 spiro atoms. The van der Waals surface area contributed by atoms with Crippen molar-refractivity contribution in [1.29, 1.82) is 0 Å². The number of hydrogen-bond acceptors (Lipinski definition) is 4. The first-order valence-electron chi connectivity index (χ1n) is 6.66. The minimum atomic E-state index is 0.495. The molecule has 3 rings (SSSR count). The van der Waals surface area contributed by atoms with Gasteiger partial charge in [0.1, 0.15) is 0 Å².